The second-order valence-electron chi connectivity index (χ2n) is 8.70. The second-order valence-corrected chi connectivity index (χ2v) is 10.6. The summed E-state index contributed by atoms with van der Waals surface area (Å²) in [5.74, 6) is 1.42. The van der Waals surface area contributed by atoms with Crippen molar-refractivity contribution in [3.63, 3.8) is 0 Å². The summed E-state index contributed by atoms with van der Waals surface area (Å²) in [7, 11) is -3.58. The lowest BCUT2D eigenvalue weighted by Crippen LogP contribution is -2.54. The van der Waals surface area contributed by atoms with Gasteiger partial charge >= 0.3 is 0 Å². The minimum Gasteiger partial charge on any atom is -0.339 e. The summed E-state index contributed by atoms with van der Waals surface area (Å²) in [4.78, 5) is 7.46. The SMILES string of the molecule is C[C@@H]1CN(c2nc3ccccc3c3nnc(-c4ccccc4)n23)CCN1S(=O)(=O)c1ccccc1. The van der Waals surface area contributed by atoms with Crippen molar-refractivity contribution in [1.29, 1.82) is 0 Å². The predicted octanol–water partition coefficient (Wildman–Crippen LogP) is 3.84. The predicted molar refractivity (Wildman–Crippen MR) is 136 cm³/mol. The van der Waals surface area contributed by atoms with Gasteiger partial charge in [-0.3, -0.25) is 0 Å². The average Bonchev–Trinajstić information content (AvgIpc) is 3.35. The van der Waals surface area contributed by atoms with Crippen LogP contribution in [0, 0.1) is 0 Å². The van der Waals surface area contributed by atoms with Crippen molar-refractivity contribution < 1.29 is 8.42 Å². The van der Waals surface area contributed by atoms with Gasteiger partial charge in [0, 0.05) is 36.6 Å². The summed E-state index contributed by atoms with van der Waals surface area (Å²) in [5, 5.41) is 9.98. The van der Waals surface area contributed by atoms with Crippen LogP contribution in [0.3, 0.4) is 0 Å². The van der Waals surface area contributed by atoms with E-state index >= 15 is 0 Å². The van der Waals surface area contributed by atoms with E-state index in [2.05, 4.69) is 15.1 Å². The Morgan fingerprint density at radius 3 is 2.26 bits per heavy atom. The Balaban J connectivity index is 1.44. The lowest BCUT2D eigenvalue weighted by Gasteiger charge is -2.39. The number of fused-ring (bicyclic) bond motifs is 3. The van der Waals surface area contributed by atoms with Crippen molar-refractivity contribution in [2.45, 2.75) is 17.9 Å². The Morgan fingerprint density at radius 1 is 0.829 bits per heavy atom. The van der Waals surface area contributed by atoms with E-state index in [4.69, 9.17) is 4.98 Å². The number of sulfonamides is 1. The minimum atomic E-state index is -3.58. The molecule has 176 valence electrons. The zero-order valence-corrected chi connectivity index (χ0v) is 20.0. The van der Waals surface area contributed by atoms with Crippen LogP contribution in [0.15, 0.2) is 89.8 Å². The largest absolute Gasteiger partial charge is 0.339 e. The molecule has 3 aromatic carbocycles. The Bertz CT molecular complexity index is 1620. The van der Waals surface area contributed by atoms with Crippen molar-refractivity contribution in [2.75, 3.05) is 24.5 Å². The first-order valence-corrected chi connectivity index (χ1v) is 13.0. The van der Waals surface area contributed by atoms with Gasteiger partial charge < -0.3 is 4.90 Å². The molecule has 9 heteroatoms. The molecule has 0 amide bonds. The lowest BCUT2D eigenvalue weighted by molar-refractivity contribution is 0.304. The Hall–Kier alpha value is -3.82. The van der Waals surface area contributed by atoms with Crippen LogP contribution in [0.25, 0.3) is 27.9 Å². The Kier molecular flexibility index (Phi) is 5.23. The Morgan fingerprint density at radius 2 is 1.51 bits per heavy atom. The van der Waals surface area contributed by atoms with E-state index in [1.165, 1.54) is 0 Å². The molecule has 0 N–H and O–H groups in total. The molecule has 0 spiro atoms. The number of nitrogens with zero attached hydrogens (tertiary/aromatic N) is 6. The molecule has 0 aliphatic carbocycles. The van der Waals surface area contributed by atoms with E-state index < -0.39 is 10.0 Å². The van der Waals surface area contributed by atoms with Crippen LogP contribution < -0.4 is 4.90 Å². The standard InChI is InChI=1S/C26H24N6O2S/c1-19-18-30(16-17-31(19)35(33,34)21-12-6-3-7-13-21)26-27-23-15-9-8-14-22(23)25-29-28-24(32(25)26)20-10-4-2-5-11-20/h2-15,19H,16-18H2,1H3/t19-/m1/s1. The molecular weight excluding hydrogens is 460 g/mol. The molecule has 1 aliphatic heterocycles. The molecule has 1 fully saturated rings. The third kappa shape index (κ3) is 3.64. The molecule has 6 rings (SSSR count). The van der Waals surface area contributed by atoms with Crippen LogP contribution in [0.5, 0.6) is 0 Å². The average molecular weight is 485 g/mol. The molecule has 0 saturated carbocycles. The minimum absolute atomic E-state index is 0.242. The number of aromatic nitrogens is 4. The fourth-order valence-corrected chi connectivity index (χ4v) is 6.39. The molecule has 8 nitrogen and oxygen atoms in total. The maximum Gasteiger partial charge on any atom is 0.243 e. The molecule has 1 saturated heterocycles. The highest BCUT2D eigenvalue weighted by Crippen LogP contribution is 2.30. The third-order valence-electron chi connectivity index (χ3n) is 6.46. The van der Waals surface area contributed by atoms with Crippen LogP contribution >= 0.6 is 0 Å². The quantitative estimate of drug-likeness (QED) is 0.385. The van der Waals surface area contributed by atoms with Crippen molar-refractivity contribution in [1.82, 2.24) is 23.9 Å². The van der Waals surface area contributed by atoms with Crippen LogP contribution in [0.1, 0.15) is 6.92 Å². The number of rotatable bonds is 4. The van der Waals surface area contributed by atoms with Crippen molar-refractivity contribution in [3.8, 4) is 11.4 Å². The topological polar surface area (TPSA) is 83.7 Å². The van der Waals surface area contributed by atoms with Gasteiger partial charge in [-0.25, -0.2) is 17.8 Å². The van der Waals surface area contributed by atoms with E-state index in [1.807, 2.05) is 72.0 Å². The van der Waals surface area contributed by atoms with E-state index in [1.54, 1.807) is 28.6 Å². The summed E-state index contributed by atoms with van der Waals surface area (Å²) < 4.78 is 30.2. The van der Waals surface area contributed by atoms with Gasteiger partial charge in [-0.2, -0.15) is 4.31 Å². The number of benzene rings is 3. The van der Waals surface area contributed by atoms with Gasteiger partial charge in [-0.05, 0) is 31.2 Å². The monoisotopic (exact) mass is 484 g/mol. The van der Waals surface area contributed by atoms with Gasteiger partial charge in [0.25, 0.3) is 0 Å². The fourth-order valence-electron chi connectivity index (χ4n) is 4.76. The number of hydrogen-bond donors (Lipinski definition) is 0. The number of para-hydroxylation sites is 1. The normalized spacial score (nSPS) is 17.3. The first kappa shape index (κ1) is 21.7. The summed E-state index contributed by atoms with van der Waals surface area (Å²) in [6, 6.07) is 26.2. The van der Waals surface area contributed by atoms with Crippen LogP contribution in [0.4, 0.5) is 5.95 Å². The van der Waals surface area contributed by atoms with Crippen molar-refractivity contribution in [2.24, 2.45) is 0 Å². The molecule has 2 aromatic heterocycles. The second kappa shape index (κ2) is 8.44. The highest BCUT2D eigenvalue weighted by molar-refractivity contribution is 7.89. The van der Waals surface area contributed by atoms with E-state index in [9.17, 15) is 8.42 Å². The third-order valence-corrected chi connectivity index (χ3v) is 8.49. The van der Waals surface area contributed by atoms with Gasteiger partial charge in [0.15, 0.2) is 11.5 Å². The first-order chi connectivity index (χ1) is 17.0. The van der Waals surface area contributed by atoms with E-state index in [0.29, 0.717) is 36.3 Å². The molecule has 1 aliphatic rings. The van der Waals surface area contributed by atoms with Gasteiger partial charge in [0.05, 0.1) is 10.4 Å². The number of hydrogen-bond acceptors (Lipinski definition) is 6. The van der Waals surface area contributed by atoms with Crippen LogP contribution in [0.2, 0.25) is 0 Å². The fraction of sp³-hybridized carbons (Fsp3) is 0.192. The van der Waals surface area contributed by atoms with Gasteiger partial charge in [-0.15, -0.1) is 10.2 Å². The molecule has 0 radical (unpaired) electrons. The van der Waals surface area contributed by atoms with Crippen molar-refractivity contribution in [3.05, 3.63) is 84.9 Å². The van der Waals surface area contributed by atoms with Crippen LogP contribution in [-0.4, -0.2) is 58.0 Å². The number of anilines is 1. The highest BCUT2D eigenvalue weighted by atomic mass is 32.2. The number of piperazine rings is 1. The molecule has 0 bridgehead atoms. The molecule has 0 unspecified atom stereocenters. The lowest BCUT2D eigenvalue weighted by atomic mass is 10.2. The highest BCUT2D eigenvalue weighted by Gasteiger charge is 2.35. The van der Waals surface area contributed by atoms with Crippen molar-refractivity contribution >= 4 is 32.5 Å². The smallest absolute Gasteiger partial charge is 0.243 e. The van der Waals surface area contributed by atoms with Gasteiger partial charge in [0.1, 0.15) is 0 Å². The first-order valence-electron chi connectivity index (χ1n) is 11.6. The summed E-state index contributed by atoms with van der Waals surface area (Å²) in [5.41, 5.74) is 2.50. The van der Waals surface area contributed by atoms with E-state index in [-0.39, 0.29) is 6.04 Å². The summed E-state index contributed by atoms with van der Waals surface area (Å²) in [6.07, 6.45) is 0. The van der Waals surface area contributed by atoms with Crippen LogP contribution in [-0.2, 0) is 10.0 Å². The van der Waals surface area contributed by atoms with E-state index in [0.717, 1.165) is 22.1 Å². The Labute approximate surface area is 203 Å². The molecule has 5 aromatic rings. The maximum absolute atomic E-state index is 13.3. The van der Waals surface area contributed by atoms with Gasteiger partial charge in [-0.1, -0.05) is 60.7 Å². The molecular formula is C26H24N6O2S. The zero-order chi connectivity index (χ0) is 24.0. The molecule has 3 heterocycles. The van der Waals surface area contributed by atoms with Gasteiger partial charge in [0.2, 0.25) is 16.0 Å². The maximum atomic E-state index is 13.3. The zero-order valence-electron chi connectivity index (χ0n) is 19.2. The molecule has 1 atom stereocenters. The summed E-state index contributed by atoms with van der Waals surface area (Å²) in [6.45, 7) is 3.30. The molecule has 35 heavy (non-hydrogen) atoms. The summed E-state index contributed by atoms with van der Waals surface area (Å²) >= 11 is 0.